The predicted octanol–water partition coefficient (Wildman–Crippen LogP) is 3.16. The van der Waals surface area contributed by atoms with Gasteiger partial charge < -0.3 is 19.0 Å². The van der Waals surface area contributed by atoms with Crippen LogP contribution in [0.1, 0.15) is 41.3 Å². The molecule has 2 fully saturated rings. The van der Waals surface area contributed by atoms with Gasteiger partial charge >= 0.3 is 0 Å². The lowest BCUT2D eigenvalue weighted by Gasteiger charge is -2.35. The molecule has 0 bridgehead atoms. The van der Waals surface area contributed by atoms with E-state index in [4.69, 9.17) is 9.15 Å². The summed E-state index contributed by atoms with van der Waals surface area (Å²) in [5.74, 6) is 2.12. The number of carbonyl (C=O) groups is 2. The van der Waals surface area contributed by atoms with Gasteiger partial charge in [0.1, 0.15) is 5.75 Å². The van der Waals surface area contributed by atoms with Crippen LogP contribution in [0.25, 0.3) is 0 Å². The van der Waals surface area contributed by atoms with Crippen molar-refractivity contribution in [2.75, 3.05) is 33.3 Å². The van der Waals surface area contributed by atoms with Gasteiger partial charge in [-0.25, -0.2) is 0 Å². The van der Waals surface area contributed by atoms with Crippen LogP contribution in [0, 0.1) is 5.92 Å². The molecule has 1 unspecified atom stereocenters. The van der Waals surface area contributed by atoms with Crippen molar-refractivity contribution < 1.29 is 18.7 Å². The fourth-order valence-corrected chi connectivity index (χ4v) is 3.94. The van der Waals surface area contributed by atoms with E-state index in [1.54, 1.807) is 24.1 Å². The van der Waals surface area contributed by atoms with Crippen molar-refractivity contribution in [3.05, 3.63) is 54.0 Å². The normalized spacial score (nSPS) is 18.0. The molecule has 1 atom stereocenters. The van der Waals surface area contributed by atoms with E-state index in [2.05, 4.69) is 12.1 Å². The summed E-state index contributed by atoms with van der Waals surface area (Å²) < 4.78 is 10.4. The largest absolute Gasteiger partial charge is 0.497 e. The van der Waals surface area contributed by atoms with E-state index >= 15 is 0 Å². The summed E-state index contributed by atoms with van der Waals surface area (Å²) in [5.41, 5.74) is 1.21. The average Bonchev–Trinajstić information content (AvgIpc) is 3.44. The molecular weight excluding hydrogens is 356 g/mol. The van der Waals surface area contributed by atoms with Crippen molar-refractivity contribution in [1.82, 2.24) is 9.80 Å². The van der Waals surface area contributed by atoms with E-state index in [0.29, 0.717) is 44.3 Å². The molecule has 2 heterocycles. The number of furan rings is 1. The summed E-state index contributed by atoms with van der Waals surface area (Å²) in [6.45, 7) is 2.24. The number of amides is 2. The molecule has 0 N–H and O–H groups in total. The third-order valence-corrected chi connectivity index (χ3v) is 5.78. The zero-order valence-electron chi connectivity index (χ0n) is 16.2. The highest BCUT2D eigenvalue weighted by Gasteiger charge is 2.35. The number of hydrogen-bond donors (Lipinski definition) is 0. The molecule has 1 aliphatic carbocycles. The first kappa shape index (κ1) is 18.6. The maximum Gasteiger partial charge on any atom is 0.289 e. The van der Waals surface area contributed by atoms with Crippen LogP contribution in [0.15, 0.2) is 47.1 Å². The van der Waals surface area contributed by atoms with Gasteiger partial charge in [0.25, 0.3) is 5.91 Å². The number of rotatable bonds is 6. The number of methoxy groups -OCH3 is 1. The molecule has 4 rings (SSSR count). The molecule has 28 heavy (non-hydrogen) atoms. The Morgan fingerprint density at radius 1 is 1.07 bits per heavy atom. The molecule has 1 saturated heterocycles. The van der Waals surface area contributed by atoms with Crippen molar-refractivity contribution in [3.63, 3.8) is 0 Å². The van der Waals surface area contributed by atoms with Crippen LogP contribution in [-0.2, 0) is 4.79 Å². The zero-order valence-corrected chi connectivity index (χ0v) is 16.2. The van der Waals surface area contributed by atoms with Crippen LogP contribution in [0.4, 0.5) is 0 Å². The summed E-state index contributed by atoms with van der Waals surface area (Å²) in [5, 5.41) is 0. The molecule has 0 spiro atoms. The topological polar surface area (TPSA) is 63.0 Å². The van der Waals surface area contributed by atoms with Gasteiger partial charge in [-0.15, -0.1) is 0 Å². The zero-order chi connectivity index (χ0) is 19.5. The lowest BCUT2D eigenvalue weighted by atomic mass is 9.90. The molecule has 148 valence electrons. The van der Waals surface area contributed by atoms with Crippen molar-refractivity contribution >= 4 is 11.8 Å². The number of nitrogens with zero attached hydrogens (tertiary/aromatic N) is 2. The van der Waals surface area contributed by atoms with Crippen LogP contribution >= 0.6 is 0 Å². The van der Waals surface area contributed by atoms with Crippen LogP contribution in [0.3, 0.4) is 0 Å². The number of hydrogen-bond acceptors (Lipinski definition) is 4. The van der Waals surface area contributed by atoms with Crippen molar-refractivity contribution in [2.45, 2.75) is 25.2 Å². The highest BCUT2D eigenvalue weighted by atomic mass is 16.5. The lowest BCUT2D eigenvalue weighted by molar-refractivity contribution is -0.133. The second-order valence-corrected chi connectivity index (χ2v) is 7.57. The average molecular weight is 382 g/mol. The Kier molecular flexibility index (Phi) is 5.37. The van der Waals surface area contributed by atoms with Crippen LogP contribution in [0.5, 0.6) is 5.75 Å². The first-order chi connectivity index (χ1) is 13.7. The molecule has 2 aliphatic rings. The van der Waals surface area contributed by atoms with Gasteiger partial charge in [-0.2, -0.15) is 0 Å². The number of piperazine rings is 1. The molecule has 6 nitrogen and oxygen atoms in total. The van der Waals surface area contributed by atoms with Crippen molar-refractivity contribution in [1.29, 1.82) is 0 Å². The summed E-state index contributed by atoms with van der Waals surface area (Å²) in [6.07, 6.45) is 4.41. The van der Waals surface area contributed by atoms with Gasteiger partial charge in [0.2, 0.25) is 5.91 Å². The van der Waals surface area contributed by atoms with Gasteiger partial charge in [-0.05, 0) is 54.5 Å². The van der Waals surface area contributed by atoms with Gasteiger partial charge in [0, 0.05) is 32.6 Å². The van der Waals surface area contributed by atoms with E-state index in [1.807, 2.05) is 17.0 Å². The van der Waals surface area contributed by atoms with Crippen molar-refractivity contribution in [2.24, 2.45) is 5.92 Å². The maximum absolute atomic E-state index is 12.9. The first-order valence-electron chi connectivity index (χ1n) is 9.90. The Bertz CT molecular complexity index is 804. The van der Waals surface area contributed by atoms with Crippen LogP contribution in [-0.4, -0.2) is 54.9 Å². The predicted molar refractivity (Wildman–Crippen MR) is 104 cm³/mol. The third kappa shape index (κ3) is 4.06. The van der Waals surface area contributed by atoms with E-state index in [1.165, 1.54) is 24.7 Å². The molecule has 1 saturated carbocycles. The van der Waals surface area contributed by atoms with Gasteiger partial charge in [-0.1, -0.05) is 12.1 Å². The fraction of sp³-hybridized carbons (Fsp3) is 0.455. The molecule has 2 aromatic rings. The SMILES string of the molecule is COc1ccc(C(CC(=O)N2CCN(C(=O)c3ccco3)CC2)C2CC2)cc1. The monoisotopic (exact) mass is 382 g/mol. The van der Waals surface area contributed by atoms with Crippen molar-refractivity contribution in [3.8, 4) is 5.75 Å². The maximum atomic E-state index is 12.9. The number of ether oxygens (including phenoxy) is 1. The number of benzene rings is 1. The molecule has 1 aromatic carbocycles. The van der Waals surface area contributed by atoms with E-state index in [-0.39, 0.29) is 17.7 Å². The fourth-order valence-electron chi connectivity index (χ4n) is 3.94. The molecule has 0 radical (unpaired) electrons. The molecule has 1 aromatic heterocycles. The van der Waals surface area contributed by atoms with E-state index in [9.17, 15) is 9.59 Å². The van der Waals surface area contributed by atoms with Gasteiger partial charge in [0.05, 0.1) is 13.4 Å². The second-order valence-electron chi connectivity index (χ2n) is 7.57. The summed E-state index contributed by atoms with van der Waals surface area (Å²) in [7, 11) is 1.66. The lowest BCUT2D eigenvalue weighted by Crippen LogP contribution is -2.50. The van der Waals surface area contributed by atoms with Crippen LogP contribution in [0.2, 0.25) is 0 Å². The summed E-state index contributed by atoms with van der Waals surface area (Å²) in [4.78, 5) is 28.9. The molecule has 1 aliphatic heterocycles. The minimum atomic E-state index is -0.105. The highest BCUT2D eigenvalue weighted by molar-refractivity contribution is 5.91. The second kappa shape index (κ2) is 8.09. The Balaban J connectivity index is 1.34. The smallest absolute Gasteiger partial charge is 0.289 e. The Hall–Kier alpha value is -2.76. The third-order valence-electron chi connectivity index (χ3n) is 5.78. The Morgan fingerprint density at radius 2 is 1.75 bits per heavy atom. The van der Waals surface area contributed by atoms with Gasteiger partial charge in [-0.3, -0.25) is 9.59 Å². The summed E-state index contributed by atoms with van der Waals surface area (Å²) in [6, 6.07) is 11.5. The van der Waals surface area contributed by atoms with E-state index < -0.39 is 0 Å². The standard InChI is InChI=1S/C22H26N2O4/c1-27-18-8-6-17(7-9-18)19(16-4-5-16)15-21(25)23-10-12-24(13-11-23)22(26)20-3-2-14-28-20/h2-3,6-9,14,16,19H,4-5,10-13,15H2,1H3. The minimum absolute atomic E-state index is 0.105. The van der Waals surface area contributed by atoms with Crippen LogP contribution < -0.4 is 4.74 Å². The quantitative estimate of drug-likeness (QED) is 0.770. The first-order valence-corrected chi connectivity index (χ1v) is 9.90. The molecule has 6 heteroatoms. The van der Waals surface area contributed by atoms with Gasteiger partial charge in [0.15, 0.2) is 5.76 Å². The summed E-state index contributed by atoms with van der Waals surface area (Å²) >= 11 is 0. The molecule has 2 amide bonds. The Labute approximate surface area is 165 Å². The highest BCUT2D eigenvalue weighted by Crippen LogP contribution is 2.45. The Morgan fingerprint density at radius 3 is 2.32 bits per heavy atom. The number of carbonyl (C=O) groups excluding carboxylic acids is 2. The minimum Gasteiger partial charge on any atom is -0.497 e. The molecular formula is C22H26N2O4. The van der Waals surface area contributed by atoms with E-state index in [0.717, 1.165) is 5.75 Å².